The molecule has 0 spiro atoms. The smallest absolute Gasteiger partial charge is 0.234 e. The number of carbonyl (C=O) groups is 1. The van der Waals surface area contributed by atoms with E-state index in [0.29, 0.717) is 11.7 Å². The third kappa shape index (κ3) is 5.38. The van der Waals surface area contributed by atoms with Gasteiger partial charge in [0.2, 0.25) is 11.1 Å². The molecule has 2 atom stereocenters. The monoisotopic (exact) mass is 444 g/mol. The molecule has 0 saturated carbocycles. The summed E-state index contributed by atoms with van der Waals surface area (Å²) in [4.78, 5) is 15.9. The van der Waals surface area contributed by atoms with Gasteiger partial charge >= 0.3 is 0 Å². The molecule has 3 aromatic rings. The van der Waals surface area contributed by atoms with Crippen LogP contribution < -0.4 is 10.2 Å². The summed E-state index contributed by atoms with van der Waals surface area (Å²) in [6, 6.07) is 12.0. The van der Waals surface area contributed by atoms with Crippen molar-refractivity contribution in [3.05, 3.63) is 46.7 Å². The van der Waals surface area contributed by atoms with Gasteiger partial charge in [-0.3, -0.25) is 4.79 Å². The zero-order valence-corrected chi connectivity index (χ0v) is 18.5. The number of nitrogens with zero attached hydrogens (tertiary/aromatic N) is 5. The van der Waals surface area contributed by atoms with Gasteiger partial charge < -0.3 is 15.0 Å². The second-order valence-electron chi connectivity index (χ2n) is 7.24. The minimum absolute atomic E-state index is 0.0907. The van der Waals surface area contributed by atoms with Gasteiger partial charge in [0, 0.05) is 29.3 Å². The molecular formula is C20H24N6O2S2. The summed E-state index contributed by atoms with van der Waals surface area (Å²) in [6.07, 6.45) is 0.419. The number of benzene rings is 1. The van der Waals surface area contributed by atoms with E-state index in [1.165, 1.54) is 11.8 Å². The third-order valence-electron chi connectivity index (χ3n) is 4.65. The maximum Gasteiger partial charge on any atom is 0.234 e. The van der Waals surface area contributed by atoms with Crippen molar-refractivity contribution >= 4 is 40.4 Å². The van der Waals surface area contributed by atoms with Gasteiger partial charge in [0.05, 0.1) is 24.5 Å². The molecule has 158 valence electrons. The fourth-order valence-electron chi connectivity index (χ4n) is 3.42. The van der Waals surface area contributed by atoms with E-state index in [4.69, 9.17) is 4.74 Å². The summed E-state index contributed by atoms with van der Waals surface area (Å²) in [5.41, 5.74) is 1.91. The van der Waals surface area contributed by atoms with Crippen LogP contribution in [0.25, 0.3) is 0 Å². The van der Waals surface area contributed by atoms with Crippen LogP contribution in [0, 0.1) is 0 Å². The molecule has 1 N–H and O–H groups in total. The summed E-state index contributed by atoms with van der Waals surface area (Å²) in [6.45, 7) is 6.52. The van der Waals surface area contributed by atoms with E-state index in [9.17, 15) is 4.79 Å². The molecule has 1 fully saturated rings. The van der Waals surface area contributed by atoms with Crippen molar-refractivity contribution in [1.82, 2.24) is 20.2 Å². The zero-order valence-electron chi connectivity index (χ0n) is 16.9. The van der Waals surface area contributed by atoms with Gasteiger partial charge in [0.1, 0.15) is 0 Å². The van der Waals surface area contributed by atoms with Crippen molar-refractivity contribution < 1.29 is 9.53 Å². The van der Waals surface area contributed by atoms with Crippen LogP contribution in [0.15, 0.2) is 46.9 Å². The molecule has 30 heavy (non-hydrogen) atoms. The number of nitrogens with one attached hydrogen (secondary N) is 1. The van der Waals surface area contributed by atoms with Gasteiger partial charge in [-0.2, -0.15) is 0 Å². The minimum Gasteiger partial charge on any atom is -0.372 e. The molecule has 0 radical (unpaired) electrons. The molecule has 0 bridgehead atoms. The lowest BCUT2D eigenvalue weighted by molar-refractivity contribution is -0.113. The van der Waals surface area contributed by atoms with Crippen molar-refractivity contribution in [2.45, 2.75) is 37.8 Å². The van der Waals surface area contributed by atoms with Gasteiger partial charge in [-0.1, -0.05) is 17.8 Å². The second kappa shape index (κ2) is 9.59. The molecule has 1 aromatic carbocycles. The first-order valence-corrected chi connectivity index (χ1v) is 11.6. The Morgan fingerprint density at radius 1 is 1.23 bits per heavy atom. The Balaban J connectivity index is 1.29. The molecule has 1 aliphatic rings. The van der Waals surface area contributed by atoms with E-state index in [2.05, 4.69) is 39.6 Å². The summed E-state index contributed by atoms with van der Waals surface area (Å²) in [5, 5.41) is 17.4. The fraction of sp³-hybridized carbons (Fsp3) is 0.400. The maximum atomic E-state index is 12.4. The van der Waals surface area contributed by atoms with Crippen LogP contribution in [0.4, 0.5) is 11.4 Å². The summed E-state index contributed by atoms with van der Waals surface area (Å²) >= 11 is 2.98. The molecule has 0 aliphatic carbocycles. The highest BCUT2D eigenvalue weighted by atomic mass is 32.2. The van der Waals surface area contributed by atoms with E-state index < -0.39 is 0 Å². The number of rotatable bonds is 7. The number of anilines is 2. The highest BCUT2D eigenvalue weighted by Crippen LogP contribution is 2.23. The number of hydrogen-bond acceptors (Lipinski definition) is 8. The second-order valence-corrected chi connectivity index (χ2v) is 9.22. The van der Waals surface area contributed by atoms with E-state index in [-0.39, 0.29) is 23.9 Å². The SMILES string of the molecule is CC1CN(c2ccc(NC(=O)CSc3nnnn3Cc3cccs3)cc2)CC(C)O1. The van der Waals surface area contributed by atoms with Gasteiger partial charge in [-0.25, -0.2) is 4.68 Å². The van der Waals surface area contributed by atoms with E-state index in [0.717, 1.165) is 29.3 Å². The first-order chi connectivity index (χ1) is 14.6. The summed E-state index contributed by atoms with van der Waals surface area (Å²) in [7, 11) is 0. The van der Waals surface area contributed by atoms with Crippen LogP contribution in [0.1, 0.15) is 18.7 Å². The molecular weight excluding hydrogens is 420 g/mol. The van der Waals surface area contributed by atoms with E-state index >= 15 is 0 Å². The number of carbonyl (C=O) groups excluding carboxylic acids is 1. The molecule has 8 nitrogen and oxygen atoms in total. The lowest BCUT2D eigenvalue weighted by Crippen LogP contribution is -2.45. The van der Waals surface area contributed by atoms with E-state index in [1.807, 2.05) is 41.8 Å². The summed E-state index contributed by atoms with van der Waals surface area (Å²) < 4.78 is 7.50. The largest absolute Gasteiger partial charge is 0.372 e. The Labute approximate surface area is 183 Å². The summed E-state index contributed by atoms with van der Waals surface area (Å²) in [5.74, 6) is 0.150. The number of thiophene rings is 1. The number of amides is 1. The van der Waals surface area contributed by atoms with Crippen molar-refractivity contribution in [1.29, 1.82) is 0 Å². The average Bonchev–Trinajstić information content (AvgIpc) is 3.39. The Morgan fingerprint density at radius 2 is 2.00 bits per heavy atom. The van der Waals surface area contributed by atoms with Crippen molar-refractivity contribution in [2.75, 3.05) is 29.1 Å². The lowest BCUT2D eigenvalue weighted by Gasteiger charge is -2.36. The molecule has 3 heterocycles. The number of thioether (sulfide) groups is 1. The Bertz CT molecular complexity index is 950. The maximum absolute atomic E-state index is 12.4. The Morgan fingerprint density at radius 3 is 2.70 bits per heavy atom. The van der Waals surface area contributed by atoms with Crippen molar-refractivity contribution in [3.63, 3.8) is 0 Å². The lowest BCUT2D eigenvalue weighted by atomic mass is 10.2. The van der Waals surface area contributed by atoms with Crippen LogP contribution in [0.3, 0.4) is 0 Å². The topological polar surface area (TPSA) is 85.2 Å². The molecule has 1 saturated heterocycles. The number of tetrazole rings is 1. The fourth-order valence-corrected chi connectivity index (χ4v) is 4.78. The molecule has 1 aliphatic heterocycles. The normalized spacial score (nSPS) is 19.1. The van der Waals surface area contributed by atoms with Crippen LogP contribution in [0.2, 0.25) is 0 Å². The third-order valence-corrected chi connectivity index (χ3v) is 6.47. The molecule has 2 unspecified atom stereocenters. The van der Waals surface area contributed by atoms with Crippen LogP contribution in [0.5, 0.6) is 0 Å². The molecule has 2 aromatic heterocycles. The van der Waals surface area contributed by atoms with Crippen molar-refractivity contribution in [3.8, 4) is 0 Å². The predicted octanol–water partition coefficient (Wildman–Crippen LogP) is 3.13. The standard InChI is InChI=1S/C20H24N6O2S2/c1-14-10-25(11-15(2)28-14)17-7-5-16(6-8-17)21-19(27)13-30-20-22-23-24-26(20)12-18-4-3-9-29-18/h3-9,14-15H,10-13H2,1-2H3,(H,21,27). The van der Waals surface area contributed by atoms with Crippen molar-refractivity contribution in [2.24, 2.45) is 0 Å². The number of aromatic nitrogens is 4. The highest BCUT2D eigenvalue weighted by molar-refractivity contribution is 7.99. The first-order valence-electron chi connectivity index (χ1n) is 9.78. The molecule has 1 amide bonds. The minimum atomic E-state index is -0.0907. The Kier molecular flexibility index (Phi) is 6.66. The van der Waals surface area contributed by atoms with Gasteiger partial charge in [-0.05, 0) is 60.0 Å². The number of morpholine rings is 1. The quantitative estimate of drug-likeness (QED) is 0.561. The highest BCUT2D eigenvalue weighted by Gasteiger charge is 2.22. The van der Waals surface area contributed by atoms with E-state index in [1.54, 1.807) is 16.0 Å². The zero-order chi connectivity index (χ0) is 20.9. The molecule has 10 heteroatoms. The Hall–Kier alpha value is -2.43. The molecule has 4 rings (SSSR count). The first kappa shape index (κ1) is 20.8. The van der Waals surface area contributed by atoms with Crippen LogP contribution in [-0.4, -0.2) is 57.2 Å². The number of hydrogen-bond donors (Lipinski definition) is 1. The van der Waals surface area contributed by atoms with Gasteiger partial charge in [0.15, 0.2) is 0 Å². The predicted molar refractivity (Wildman–Crippen MR) is 119 cm³/mol. The van der Waals surface area contributed by atoms with Gasteiger partial charge in [0.25, 0.3) is 0 Å². The van der Waals surface area contributed by atoms with Gasteiger partial charge in [-0.15, -0.1) is 16.4 Å². The number of ether oxygens (including phenoxy) is 1. The van der Waals surface area contributed by atoms with Crippen LogP contribution in [-0.2, 0) is 16.1 Å². The average molecular weight is 445 g/mol. The van der Waals surface area contributed by atoms with Crippen LogP contribution >= 0.6 is 23.1 Å².